The molecule has 2 heterocycles. The maximum Gasteiger partial charge on any atom is 0.195 e. The molecule has 0 radical (unpaired) electrons. The van der Waals surface area contributed by atoms with Crippen molar-refractivity contribution in [3.8, 4) is 0 Å². The molecule has 0 spiro atoms. The van der Waals surface area contributed by atoms with E-state index in [1.54, 1.807) is 12.4 Å². The van der Waals surface area contributed by atoms with Gasteiger partial charge in [0.25, 0.3) is 0 Å². The number of hydrogen-bond donors (Lipinski definition) is 0. The van der Waals surface area contributed by atoms with Crippen LogP contribution in [-0.4, -0.2) is 9.97 Å². The Hall–Kier alpha value is -0.900. The molecule has 0 fully saturated rings. The highest BCUT2D eigenvalue weighted by molar-refractivity contribution is 9.10. The van der Waals surface area contributed by atoms with E-state index in [-0.39, 0.29) is 0 Å². The third-order valence-electron chi connectivity index (χ3n) is 1.60. The Morgan fingerprint density at radius 3 is 3.00 bits per heavy atom. The summed E-state index contributed by atoms with van der Waals surface area (Å²) in [6.07, 6.45) is 4.21. The van der Waals surface area contributed by atoms with E-state index in [9.17, 15) is 0 Å². The Labute approximate surface area is 77.9 Å². The van der Waals surface area contributed by atoms with E-state index >= 15 is 0 Å². The minimum Gasteiger partial charge on any atom is -0.439 e. The summed E-state index contributed by atoms with van der Waals surface area (Å²) < 4.78 is 6.30. The van der Waals surface area contributed by atoms with Crippen LogP contribution < -0.4 is 0 Å². The Balaban J connectivity index is 2.74. The number of oxazole rings is 1. The van der Waals surface area contributed by atoms with Crippen molar-refractivity contribution in [2.45, 2.75) is 13.3 Å². The minimum absolute atomic E-state index is 0.749. The van der Waals surface area contributed by atoms with Crippen molar-refractivity contribution in [2.24, 2.45) is 0 Å². The standard InChI is InChI=1S/C8H7BrN2O/c1-2-7-11-6-4-10-3-5(9)8(6)12-7/h3-4H,2H2,1H3. The summed E-state index contributed by atoms with van der Waals surface area (Å²) >= 11 is 3.34. The maximum atomic E-state index is 5.45. The van der Waals surface area contributed by atoms with Gasteiger partial charge in [-0.15, -0.1) is 0 Å². The minimum atomic E-state index is 0.749. The summed E-state index contributed by atoms with van der Waals surface area (Å²) in [6.45, 7) is 2.01. The van der Waals surface area contributed by atoms with Gasteiger partial charge in [0.15, 0.2) is 11.5 Å². The number of aryl methyl sites for hydroxylation is 1. The van der Waals surface area contributed by atoms with Crippen molar-refractivity contribution in [3.05, 3.63) is 22.8 Å². The van der Waals surface area contributed by atoms with Gasteiger partial charge in [-0.2, -0.15) is 0 Å². The highest BCUT2D eigenvalue weighted by atomic mass is 79.9. The molecule has 0 bridgehead atoms. The van der Waals surface area contributed by atoms with Crippen LogP contribution >= 0.6 is 15.9 Å². The molecule has 0 saturated heterocycles. The number of nitrogens with zero attached hydrogens (tertiary/aromatic N) is 2. The number of fused-ring (bicyclic) bond motifs is 1. The van der Waals surface area contributed by atoms with Crippen molar-refractivity contribution in [1.29, 1.82) is 0 Å². The third kappa shape index (κ3) is 1.12. The number of aromatic nitrogens is 2. The first kappa shape index (κ1) is 7.73. The zero-order chi connectivity index (χ0) is 8.55. The lowest BCUT2D eigenvalue weighted by Crippen LogP contribution is -1.76. The van der Waals surface area contributed by atoms with E-state index in [2.05, 4.69) is 25.9 Å². The molecule has 2 aromatic heterocycles. The average molecular weight is 227 g/mol. The zero-order valence-corrected chi connectivity index (χ0v) is 8.13. The van der Waals surface area contributed by atoms with Gasteiger partial charge < -0.3 is 4.42 Å². The molecule has 0 unspecified atom stereocenters. The summed E-state index contributed by atoms with van der Waals surface area (Å²) in [5, 5.41) is 0. The molecule has 2 rings (SSSR count). The van der Waals surface area contributed by atoms with Gasteiger partial charge in [0.2, 0.25) is 0 Å². The van der Waals surface area contributed by atoms with Gasteiger partial charge in [-0.05, 0) is 15.9 Å². The Kier molecular flexibility index (Phi) is 1.84. The van der Waals surface area contributed by atoms with E-state index < -0.39 is 0 Å². The van der Waals surface area contributed by atoms with Crippen molar-refractivity contribution < 1.29 is 4.42 Å². The molecule has 0 aliphatic carbocycles. The Morgan fingerprint density at radius 1 is 1.50 bits per heavy atom. The quantitative estimate of drug-likeness (QED) is 0.751. The van der Waals surface area contributed by atoms with Crippen LogP contribution in [-0.2, 0) is 6.42 Å². The molecule has 0 N–H and O–H groups in total. The van der Waals surface area contributed by atoms with Crippen molar-refractivity contribution in [1.82, 2.24) is 9.97 Å². The second-order valence-corrected chi connectivity index (χ2v) is 3.29. The van der Waals surface area contributed by atoms with Crippen LogP contribution in [0.1, 0.15) is 12.8 Å². The van der Waals surface area contributed by atoms with E-state index in [4.69, 9.17) is 4.42 Å². The van der Waals surface area contributed by atoms with Crippen LogP contribution in [0.25, 0.3) is 11.1 Å². The van der Waals surface area contributed by atoms with Gasteiger partial charge in [-0.25, -0.2) is 4.98 Å². The lowest BCUT2D eigenvalue weighted by molar-refractivity contribution is 0.536. The zero-order valence-electron chi connectivity index (χ0n) is 6.54. The van der Waals surface area contributed by atoms with Gasteiger partial charge in [0.1, 0.15) is 5.52 Å². The number of hydrogen-bond acceptors (Lipinski definition) is 3. The second-order valence-electron chi connectivity index (χ2n) is 2.43. The van der Waals surface area contributed by atoms with Crippen molar-refractivity contribution in [3.63, 3.8) is 0 Å². The lowest BCUT2D eigenvalue weighted by Gasteiger charge is -1.87. The fourth-order valence-electron chi connectivity index (χ4n) is 1.02. The molecule has 0 aromatic carbocycles. The fraction of sp³-hybridized carbons (Fsp3) is 0.250. The SMILES string of the molecule is CCc1nc2cncc(Br)c2o1. The molecule has 4 heteroatoms. The molecule has 0 amide bonds. The molecule has 12 heavy (non-hydrogen) atoms. The summed E-state index contributed by atoms with van der Waals surface area (Å²) in [5.41, 5.74) is 1.59. The van der Waals surface area contributed by atoms with E-state index in [1.807, 2.05) is 6.92 Å². The van der Waals surface area contributed by atoms with Crippen LogP contribution in [0, 0.1) is 0 Å². The Morgan fingerprint density at radius 2 is 2.33 bits per heavy atom. The van der Waals surface area contributed by atoms with Gasteiger partial charge >= 0.3 is 0 Å². The van der Waals surface area contributed by atoms with Crippen molar-refractivity contribution >= 4 is 27.0 Å². The first-order valence-corrected chi connectivity index (χ1v) is 4.49. The van der Waals surface area contributed by atoms with Crippen LogP contribution in [0.15, 0.2) is 21.3 Å². The predicted molar refractivity (Wildman–Crippen MR) is 48.9 cm³/mol. The number of rotatable bonds is 1. The molecular weight excluding hydrogens is 220 g/mol. The van der Waals surface area contributed by atoms with Gasteiger partial charge in [-0.1, -0.05) is 6.92 Å². The van der Waals surface area contributed by atoms with Gasteiger partial charge in [-0.3, -0.25) is 4.98 Å². The van der Waals surface area contributed by atoms with Gasteiger partial charge in [0.05, 0.1) is 10.7 Å². The van der Waals surface area contributed by atoms with Crippen LogP contribution in [0.3, 0.4) is 0 Å². The first-order chi connectivity index (χ1) is 5.81. The summed E-state index contributed by atoms with van der Waals surface area (Å²) in [7, 11) is 0. The van der Waals surface area contributed by atoms with Gasteiger partial charge in [0, 0.05) is 12.6 Å². The molecule has 0 atom stereocenters. The normalized spacial score (nSPS) is 10.8. The van der Waals surface area contributed by atoms with E-state index in [1.165, 1.54) is 0 Å². The summed E-state index contributed by atoms with van der Waals surface area (Å²) in [4.78, 5) is 8.22. The average Bonchev–Trinajstić information content (AvgIpc) is 2.49. The molecule has 0 saturated carbocycles. The van der Waals surface area contributed by atoms with Crippen LogP contribution in [0.2, 0.25) is 0 Å². The molecule has 3 nitrogen and oxygen atoms in total. The molecule has 2 aromatic rings. The maximum absolute atomic E-state index is 5.45. The highest BCUT2D eigenvalue weighted by Crippen LogP contribution is 2.23. The predicted octanol–water partition coefficient (Wildman–Crippen LogP) is 2.55. The lowest BCUT2D eigenvalue weighted by atomic mass is 10.4. The molecule has 62 valence electrons. The van der Waals surface area contributed by atoms with E-state index in [0.29, 0.717) is 0 Å². The smallest absolute Gasteiger partial charge is 0.195 e. The molecule has 0 aliphatic rings. The monoisotopic (exact) mass is 226 g/mol. The number of pyridine rings is 1. The molecular formula is C8H7BrN2O. The van der Waals surface area contributed by atoms with Crippen LogP contribution in [0.4, 0.5) is 0 Å². The van der Waals surface area contributed by atoms with E-state index in [0.717, 1.165) is 27.9 Å². The molecule has 0 aliphatic heterocycles. The fourth-order valence-corrected chi connectivity index (χ4v) is 1.42. The number of halogens is 1. The second kappa shape index (κ2) is 2.86. The first-order valence-electron chi connectivity index (χ1n) is 3.70. The van der Waals surface area contributed by atoms with Crippen molar-refractivity contribution in [2.75, 3.05) is 0 Å². The summed E-state index contributed by atoms with van der Waals surface area (Å²) in [6, 6.07) is 0. The highest BCUT2D eigenvalue weighted by Gasteiger charge is 2.06. The largest absolute Gasteiger partial charge is 0.439 e. The topological polar surface area (TPSA) is 38.9 Å². The summed E-state index contributed by atoms with van der Waals surface area (Å²) in [5.74, 6) is 0.749. The van der Waals surface area contributed by atoms with Crippen LogP contribution in [0.5, 0.6) is 0 Å². The Bertz CT molecular complexity index is 410. The third-order valence-corrected chi connectivity index (χ3v) is 2.17.